The molecular weight excluding hydrogens is 634 g/mol. The molecule has 4 heteroatoms. The van der Waals surface area contributed by atoms with E-state index >= 15 is 0 Å². The van der Waals surface area contributed by atoms with Gasteiger partial charge in [-0.1, -0.05) is 206 Å². The third-order valence-electron chi connectivity index (χ3n) is 9.73. The van der Waals surface area contributed by atoms with Gasteiger partial charge in [-0.3, -0.25) is 0 Å². The minimum absolute atomic E-state index is 0.128. The lowest BCUT2D eigenvalue weighted by Gasteiger charge is -2.37. The summed E-state index contributed by atoms with van der Waals surface area (Å²) in [7, 11) is 0. The zero-order chi connectivity index (χ0) is 35.1. The fourth-order valence-electron chi connectivity index (χ4n) is 6.96. The molecule has 0 aliphatic carbocycles. The van der Waals surface area contributed by atoms with Gasteiger partial charge in [0.1, 0.15) is 5.60 Å². The minimum Gasteiger partial charge on any atom is -0.371 e. The van der Waals surface area contributed by atoms with E-state index in [4.69, 9.17) is 21.1 Å². The quantitative estimate of drug-likeness (QED) is 0.0513. The number of nitriles is 1. The molecule has 50 heavy (non-hydrogen) atoms. The second kappa shape index (κ2) is 23.1. The molecule has 0 aromatic heterocycles. The van der Waals surface area contributed by atoms with E-state index in [0.29, 0.717) is 23.8 Å². The van der Waals surface area contributed by atoms with Gasteiger partial charge in [0.25, 0.3) is 0 Å². The summed E-state index contributed by atoms with van der Waals surface area (Å²) in [4.78, 5) is 0. The smallest absolute Gasteiger partial charge is 0.143 e. The molecule has 0 saturated heterocycles. The van der Waals surface area contributed by atoms with Crippen LogP contribution in [0.25, 0.3) is 0 Å². The number of rotatable bonds is 25. The molecule has 4 aromatic carbocycles. The lowest BCUT2D eigenvalue weighted by Crippen LogP contribution is -2.36. The monoisotopic (exact) mass is 691 g/mol. The van der Waals surface area contributed by atoms with Crippen LogP contribution in [0.1, 0.15) is 137 Å². The zero-order valence-corrected chi connectivity index (χ0v) is 31.1. The standard InChI is InChI=1S/C46H58ClNO2/c1-2-3-4-5-6-7-8-9-10-11-12-13-14-15-25-32-45(49-37-40-33-39(36-48)34-44(47)35-40)38-50-46(41-26-19-16-20-27-41,42-28-21-17-22-29-42)43-30-23-18-24-31-43/h16-24,26-31,33-35,45H,2-15,25,32,37-38H2,1H3/t45-/m1/s1. The van der Waals surface area contributed by atoms with Gasteiger partial charge in [-0.25, -0.2) is 0 Å². The molecule has 0 heterocycles. The van der Waals surface area contributed by atoms with Crippen LogP contribution in [0.5, 0.6) is 0 Å². The molecule has 0 aliphatic rings. The Bertz CT molecular complexity index is 1410. The van der Waals surface area contributed by atoms with E-state index in [9.17, 15) is 5.26 Å². The van der Waals surface area contributed by atoms with Gasteiger partial charge in [0, 0.05) is 5.02 Å². The molecule has 4 aromatic rings. The largest absolute Gasteiger partial charge is 0.371 e. The molecule has 0 aliphatic heterocycles. The third-order valence-corrected chi connectivity index (χ3v) is 9.95. The van der Waals surface area contributed by atoms with Gasteiger partial charge in [0.05, 0.1) is 31.0 Å². The van der Waals surface area contributed by atoms with Gasteiger partial charge >= 0.3 is 0 Å². The third kappa shape index (κ3) is 13.0. The van der Waals surface area contributed by atoms with E-state index in [2.05, 4.69) is 85.8 Å². The Morgan fingerprint density at radius 3 is 1.48 bits per heavy atom. The average Bonchev–Trinajstić information content (AvgIpc) is 3.16. The lowest BCUT2D eigenvalue weighted by atomic mass is 9.80. The van der Waals surface area contributed by atoms with Gasteiger partial charge in [-0.15, -0.1) is 0 Å². The summed E-state index contributed by atoms with van der Waals surface area (Å²) in [5.74, 6) is 0. The van der Waals surface area contributed by atoms with Gasteiger partial charge in [0.15, 0.2) is 0 Å². The molecule has 1 atom stereocenters. The Morgan fingerprint density at radius 2 is 1.04 bits per heavy atom. The summed E-state index contributed by atoms with van der Waals surface area (Å²) in [6.45, 7) is 3.08. The van der Waals surface area contributed by atoms with Crippen LogP contribution in [0.15, 0.2) is 109 Å². The van der Waals surface area contributed by atoms with E-state index in [1.165, 1.54) is 89.9 Å². The van der Waals surface area contributed by atoms with Crippen molar-refractivity contribution in [2.24, 2.45) is 0 Å². The molecule has 0 bridgehead atoms. The van der Waals surface area contributed by atoms with E-state index in [-0.39, 0.29) is 6.10 Å². The SMILES string of the molecule is CCCCCCCCCCCCCCCCC[C@H](COC(c1ccccc1)(c1ccccc1)c1ccccc1)OCc1cc(Cl)cc(C#N)c1. The van der Waals surface area contributed by atoms with Gasteiger partial charge in [-0.05, 0) is 46.9 Å². The number of unbranched alkanes of at least 4 members (excludes halogenated alkanes) is 14. The van der Waals surface area contributed by atoms with Crippen LogP contribution in [0.2, 0.25) is 5.02 Å². The van der Waals surface area contributed by atoms with Crippen molar-refractivity contribution in [3.63, 3.8) is 0 Å². The second-order valence-electron chi connectivity index (χ2n) is 13.7. The summed E-state index contributed by atoms with van der Waals surface area (Å²) in [6, 6.07) is 39.2. The van der Waals surface area contributed by atoms with Crippen LogP contribution in [-0.2, 0) is 21.7 Å². The Hall–Kier alpha value is -3.42. The van der Waals surface area contributed by atoms with E-state index in [1.807, 2.05) is 30.3 Å². The number of ether oxygens (including phenoxy) is 2. The van der Waals surface area contributed by atoms with Gasteiger partial charge in [0.2, 0.25) is 0 Å². The van der Waals surface area contributed by atoms with Crippen molar-refractivity contribution in [1.29, 1.82) is 5.26 Å². The summed E-state index contributed by atoms with van der Waals surface area (Å²) in [6.07, 6.45) is 20.9. The molecule has 4 rings (SSSR count). The topological polar surface area (TPSA) is 42.2 Å². The first-order valence-corrected chi connectivity index (χ1v) is 19.6. The second-order valence-corrected chi connectivity index (χ2v) is 14.2. The van der Waals surface area contributed by atoms with Crippen LogP contribution in [-0.4, -0.2) is 12.7 Å². The Labute approximate surface area is 308 Å². The molecule has 0 saturated carbocycles. The first-order chi connectivity index (χ1) is 24.7. The van der Waals surface area contributed by atoms with Crippen LogP contribution >= 0.6 is 11.6 Å². The van der Waals surface area contributed by atoms with Gasteiger partial charge < -0.3 is 9.47 Å². The molecule has 0 spiro atoms. The molecule has 0 amide bonds. The number of hydrogen-bond acceptors (Lipinski definition) is 3. The molecule has 0 unspecified atom stereocenters. The molecule has 0 N–H and O–H groups in total. The molecule has 0 fully saturated rings. The summed E-state index contributed by atoms with van der Waals surface area (Å²) in [5, 5.41) is 10.0. The minimum atomic E-state index is -0.801. The van der Waals surface area contributed by atoms with Crippen molar-refractivity contribution < 1.29 is 9.47 Å². The maximum atomic E-state index is 9.50. The maximum absolute atomic E-state index is 9.50. The zero-order valence-electron chi connectivity index (χ0n) is 30.3. The predicted molar refractivity (Wildman–Crippen MR) is 209 cm³/mol. The van der Waals surface area contributed by atoms with E-state index in [0.717, 1.165) is 35.1 Å². The van der Waals surface area contributed by atoms with E-state index in [1.54, 1.807) is 6.07 Å². The van der Waals surface area contributed by atoms with Crippen molar-refractivity contribution in [2.75, 3.05) is 6.61 Å². The Kier molecular flexibility index (Phi) is 18.2. The highest BCUT2D eigenvalue weighted by atomic mass is 35.5. The van der Waals surface area contributed by atoms with Crippen molar-refractivity contribution in [2.45, 2.75) is 128 Å². The molecule has 266 valence electrons. The molecular formula is C46H58ClNO2. The Morgan fingerprint density at radius 1 is 0.600 bits per heavy atom. The van der Waals surface area contributed by atoms with Gasteiger partial charge in [-0.2, -0.15) is 5.26 Å². The highest BCUT2D eigenvalue weighted by molar-refractivity contribution is 6.30. The number of benzene rings is 4. The number of nitrogens with zero attached hydrogens (tertiary/aromatic N) is 1. The van der Waals surface area contributed by atoms with Crippen LogP contribution < -0.4 is 0 Å². The Balaban J connectivity index is 1.37. The summed E-state index contributed by atoms with van der Waals surface area (Å²) >= 11 is 6.34. The first-order valence-electron chi connectivity index (χ1n) is 19.3. The fourth-order valence-corrected chi connectivity index (χ4v) is 7.21. The predicted octanol–water partition coefficient (Wildman–Crippen LogP) is 13.4. The average molecular weight is 692 g/mol. The first kappa shape index (κ1) is 39.4. The molecule has 3 nitrogen and oxygen atoms in total. The van der Waals surface area contributed by atoms with Crippen LogP contribution in [0, 0.1) is 11.3 Å². The molecule has 0 radical (unpaired) electrons. The highest BCUT2D eigenvalue weighted by Crippen LogP contribution is 2.40. The number of hydrogen-bond donors (Lipinski definition) is 0. The van der Waals surface area contributed by atoms with Crippen LogP contribution in [0.4, 0.5) is 0 Å². The normalized spacial score (nSPS) is 12.1. The maximum Gasteiger partial charge on any atom is 0.143 e. The fraction of sp³-hybridized carbons (Fsp3) is 0.457. The summed E-state index contributed by atoms with van der Waals surface area (Å²) in [5.41, 5.74) is 3.88. The lowest BCUT2D eigenvalue weighted by molar-refractivity contribution is -0.0731. The summed E-state index contributed by atoms with van der Waals surface area (Å²) < 4.78 is 13.8. The van der Waals surface area contributed by atoms with E-state index < -0.39 is 5.60 Å². The van der Waals surface area contributed by atoms with Crippen molar-refractivity contribution in [1.82, 2.24) is 0 Å². The van der Waals surface area contributed by atoms with Crippen molar-refractivity contribution in [3.05, 3.63) is 142 Å². The highest BCUT2D eigenvalue weighted by Gasteiger charge is 2.38. The van der Waals surface area contributed by atoms with Crippen molar-refractivity contribution in [3.8, 4) is 6.07 Å². The van der Waals surface area contributed by atoms with Crippen molar-refractivity contribution >= 4 is 11.6 Å². The number of halogens is 1. The van der Waals surface area contributed by atoms with Crippen LogP contribution in [0.3, 0.4) is 0 Å².